The molecule has 1 amide bonds. The van der Waals surface area contributed by atoms with Crippen LogP contribution in [0.25, 0.3) is 0 Å². The highest BCUT2D eigenvalue weighted by Crippen LogP contribution is 2.23. The van der Waals surface area contributed by atoms with Gasteiger partial charge in [-0.25, -0.2) is 4.79 Å². The molecule has 0 aromatic carbocycles. The van der Waals surface area contributed by atoms with E-state index in [0.717, 1.165) is 0 Å². The average Bonchev–Trinajstić information content (AvgIpc) is 2.65. The third-order valence-corrected chi connectivity index (χ3v) is 3.05. The molecule has 0 spiro atoms. The summed E-state index contributed by atoms with van der Waals surface area (Å²) in [7, 11) is 0. The van der Waals surface area contributed by atoms with Crippen molar-refractivity contribution in [3.05, 3.63) is 0 Å². The highest BCUT2D eigenvalue weighted by atomic mass is 32.1. The molecule has 0 bridgehead atoms. The van der Waals surface area contributed by atoms with Crippen molar-refractivity contribution in [2.75, 3.05) is 18.8 Å². The maximum Gasteiger partial charge on any atom is 0.407 e. The topological polar surface area (TPSA) is 102 Å². The Balaban J connectivity index is 1.83. The summed E-state index contributed by atoms with van der Waals surface area (Å²) in [5.74, 6) is 0. The lowest BCUT2D eigenvalue weighted by Gasteiger charge is -2.29. The number of carboxylic acid groups (broad SMARTS) is 1. The van der Waals surface area contributed by atoms with Crippen molar-refractivity contribution < 1.29 is 14.6 Å². The standard InChI is InChI=1S/C8H12N4O3S/c9-6-10-11-7(16-6)15-5-1-3-12(4-2-5)8(13)14/h5H,1-4H2,(H2,9,10)(H,13,14). The predicted octanol–water partition coefficient (Wildman–Crippen LogP) is 0.641. The van der Waals surface area contributed by atoms with Crippen molar-refractivity contribution in [1.82, 2.24) is 15.1 Å². The fourth-order valence-corrected chi connectivity index (χ4v) is 2.10. The van der Waals surface area contributed by atoms with Gasteiger partial charge in [0.1, 0.15) is 6.10 Å². The van der Waals surface area contributed by atoms with Gasteiger partial charge in [-0.15, -0.1) is 5.10 Å². The Labute approximate surface area is 95.8 Å². The fraction of sp³-hybridized carbons (Fsp3) is 0.625. The van der Waals surface area contributed by atoms with Crippen molar-refractivity contribution in [2.24, 2.45) is 0 Å². The average molecular weight is 244 g/mol. The van der Waals surface area contributed by atoms with E-state index in [0.29, 0.717) is 36.3 Å². The third-order valence-electron chi connectivity index (χ3n) is 2.40. The lowest BCUT2D eigenvalue weighted by molar-refractivity contribution is 0.0889. The molecule has 3 N–H and O–H groups in total. The van der Waals surface area contributed by atoms with Crippen LogP contribution >= 0.6 is 11.3 Å². The number of hydrogen-bond acceptors (Lipinski definition) is 6. The molecule has 0 saturated carbocycles. The molecule has 1 aliphatic rings. The van der Waals surface area contributed by atoms with Crippen molar-refractivity contribution in [3.8, 4) is 5.19 Å². The highest BCUT2D eigenvalue weighted by molar-refractivity contribution is 7.16. The molecule has 88 valence electrons. The first-order valence-corrected chi connectivity index (χ1v) is 5.70. The molecule has 16 heavy (non-hydrogen) atoms. The smallest absolute Gasteiger partial charge is 0.407 e. The van der Waals surface area contributed by atoms with Crippen LogP contribution in [-0.4, -0.2) is 45.5 Å². The van der Waals surface area contributed by atoms with E-state index < -0.39 is 6.09 Å². The molecule has 1 aromatic heterocycles. The number of rotatable bonds is 2. The molecule has 1 aromatic rings. The van der Waals surface area contributed by atoms with E-state index in [-0.39, 0.29) is 6.10 Å². The second-order valence-electron chi connectivity index (χ2n) is 3.49. The summed E-state index contributed by atoms with van der Waals surface area (Å²) in [5.41, 5.74) is 5.42. The minimum atomic E-state index is -0.876. The maximum absolute atomic E-state index is 10.7. The zero-order valence-corrected chi connectivity index (χ0v) is 9.31. The molecule has 8 heteroatoms. The van der Waals surface area contributed by atoms with Crippen LogP contribution < -0.4 is 10.5 Å². The van der Waals surface area contributed by atoms with Gasteiger partial charge in [0.2, 0.25) is 5.13 Å². The number of nitrogen functional groups attached to an aromatic ring is 1. The highest BCUT2D eigenvalue weighted by Gasteiger charge is 2.24. The van der Waals surface area contributed by atoms with E-state index >= 15 is 0 Å². The lowest BCUT2D eigenvalue weighted by Crippen LogP contribution is -2.41. The van der Waals surface area contributed by atoms with E-state index in [4.69, 9.17) is 15.6 Å². The predicted molar refractivity (Wildman–Crippen MR) is 57.6 cm³/mol. The third kappa shape index (κ3) is 2.51. The second kappa shape index (κ2) is 4.52. The summed E-state index contributed by atoms with van der Waals surface area (Å²) < 4.78 is 5.55. The Morgan fingerprint density at radius 1 is 1.50 bits per heavy atom. The van der Waals surface area contributed by atoms with Crippen LogP contribution in [0, 0.1) is 0 Å². The number of hydrogen-bond donors (Lipinski definition) is 2. The number of ether oxygens (including phenoxy) is 1. The Morgan fingerprint density at radius 2 is 2.19 bits per heavy atom. The maximum atomic E-state index is 10.7. The van der Waals surface area contributed by atoms with Crippen molar-refractivity contribution in [1.29, 1.82) is 0 Å². The summed E-state index contributed by atoms with van der Waals surface area (Å²) >= 11 is 1.19. The van der Waals surface area contributed by atoms with Gasteiger partial charge in [-0.1, -0.05) is 5.10 Å². The molecular weight excluding hydrogens is 232 g/mol. The van der Waals surface area contributed by atoms with E-state index in [2.05, 4.69) is 10.2 Å². The SMILES string of the molecule is Nc1nnc(OC2CCN(C(=O)O)CC2)s1. The molecule has 0 unspecified atom stereocenters. The lowest BCUT2D eigenvalue weighted by atomic mass is 10.1. The number of aromatic nitrogens is 2. The minimum absolute atomic E-state index is 0.00273. The number of piperidine rings is 1. The molecule has 1 aliphatic heterocycles. The molecule has 2 heterocycles. The Morgan fingerprint density at radius 3 is 2.69 bits per heavy atom. The number of carbonyl (C=O) groups is 1. The number of anilines is 1. The fourth-order valence-electron chi connectivity index (χ4n) is 1.58. The minimum Gasteiger partial charge on any atom is -0.465 e. The monoisotopic (exact) mass is 244 g/mol. The summed E-state index contributed by atoms with van der Waals surface area (Å²) in [4.78, 5) is 12.1. The van der Waals surface area contributed by atoms with Crippen molar-refractivity contribution in [2.45, 2.75) is 18.9 Å². The van der Waals surface area contributed by atoms with Crippen LogP contribution in [0.4, 0.5) is 9.93 Å². The Bertz CT molecular complexity index is 375. The number of amides is 1. The second-order valence-corrected chi connectivity index (χ2v) is 4.46. The van der Waals surface area contributed by atoms with Gasteiger partial charge in [0.15, 0.2) is 0 Å². The van der Waals surface area contributed by atoms with Gasteiger partial charge in [0.05, 0.1) is 0 Å². The summed E-state index contributed by atoms with van der Waals surface area (Å²) in [6.07, 6.45) is 0.471. The molecular formula is C8H12N4O3S. The van der Waals surface area contributed by atoms with Gasteiger partial charge in [0.25, 0.3) is 5.19 Å². The van der Waals surface area contributed by atoms with Crippen LogP contribution in [0.5, 0.6) is 5.19 Å². The molecule has 0 atom stereocenters. The van der Waals surface area contributed by atoms with Crippen LogP contribution in [0.1, 0.15) is 12.8 Å². The Hall–Kier alpha value is -1.57. The molecule has 1 fully saturated rings. The van der Waals surface area contributed by atoms with Gasteiger partial charge >= 0.3 is 6.09 Å². The molecule has 7 nitrogen and oxygen atoms in total. The van der Waals surface area contributed by atoms with Gasteiger partial charge < -0.3 is 20.5 Å². The summed E-state index contributed by atoms with van der Waals surface area (Å²) in [5, 5.41) is 17.0. The first kappa shape index (κ1) is 10.9. The van der Waals surface area contributed by atoms with Crippen molar-refractivity contribution >= 4 is 22.6 Å². The summed E-state index contributed by atoms with van der Waals surface area (Å²) in [6.45, 7) is 0.989. The molecule has 2 rings (SSSR count). The van der Waals surface area contributed by atoms with E-state index in [1.54, 1.807) is 0 Å². The molecule has 0 aliphatic carbocycles. The van der Waals surface area contributed by atoms with Crippen LogP contribution in [-0.2, 0) is 0 Å². The summed E-state index contributed by atoms with van der Waals surface area (Å²) in [6, 6.07) is 0. The van der Waals surface area contributed by atoms with Gasteiger partial charge in [-0.05, 0) is 11.3 Å². The Kier molecular flexibility index (Phi) is 3.09. The quantitative estimate of drug-likeness (QED) is 0.791. The first-order valence-electron chi connectivity index (χ1n) is 4.88. The van der Waals surface area contributed by atoms with Crippen LogP contribution in [0.15, 0.2) is 0 Å². The van der Waals surface area contributed by atoms with Gasteiger partial charge in [0, 0.05) is 25.9 Å². The number of nitrogens with zero attached hydrogens (tertiary/aromatic N) is 3. The van der Waals surface area contributed by atoms with E-state index in [9.17, 15) is 4.79 Å². The largest absolute Gasteiger partial charge is 0.465 e. The van der Waals surface area contributed by atoms with Gasteiger partial charge in [-0.2, -0.15) is 0 Å². The first-order chi connectivity index (χ1) is 7.65. The van der Waals surface area contributed by atoms with E-state index in [1.165, 1.54) is 16.2 Å². The zero-order valence-electron chi connectivity index (χ0n) is 8.50. The zero-order chi connectivity index (χ0) is 11.5. The normalized spacial score (nSPS) is 17.4. The van der Waals surface area contributed by atoms with E-state index in [1.807, 2.05) is 0 Å². The van der Waals surface area contributed by atoms with Crippen LogP contribution in [0.3, 0.4) is 0 Å². The van der Waals surface area contributed by atoms with Crippen LogP contribution in [0.2, 0.25) is 0 Å². The van der Waals surface area contributed by atoms with Gasteiger partial charge in [-0.3, -0.25) is 0 Å². The molecule has 1 saturated heterocycles. The molecule has 0 radical (unpaired) electrons. The van der Waals surface area contributed by atoms with Crippen molar-refractivity contribution in [3.63, 3.8) is 0 Å². The number of nitrogens with two attached hydrogens (primary N) is 1. The number of likely N-dealkylation sites (tertiary alicyclic amines) is 1.